The quantitative estimate of drug-likeness (QED) is 0.474. The molecule has 124 valence electrons. The lowest BCUT2D eigenvalue weighted by Crippen LogP contribution is -2.20. The normalized spacial score (nSPS) is 11.2. The smallest absolute Gasteiger partial charge is 0.277 e. The van der Waals surface area contributed by atoms with E-state index in [0.717, 1.165) is 22.8 Å². The Morgan fingerprint density at radius 2 is 1.83 bits per heavy atom. The third-order valence-electron chi connectivity index (χ3n) is 3.57. The van der Waals surface area contributed by atoms with Crippen LogP contribution in [0.2, 0.25) is 0 Å². The third kappa shape index (κ3) is 4.88. The Kier molecular flexibility index (Phi) is 6.36. The molecule has 3 nitrogen and oxygen atoms in total. The molecule has 5 heteroatoms. The molecule has 0 aliphatic heterocycles. The van der Waals surface area contributed by atoms with Crippen molar-refractivity contribution in [3.63, 3.8) is 0 Å². The molecular weight excluding hydrogens is 324 g/mol. The van der Waals surface area contributed by atoms with Crippen LogP contribution < -0.4 is 5.56 Å². The zero-order chi connectivity index (χ0) is 17.0. The lowest BCUT2D eigenvalue weighted by molar-refractivity contribution is 0.764. The van der Waals surface area contributed by atoms with Crippen LogP contribution in [0.15, 0.2) is 28.2 Å². The van der Waals surface area contributed by atoms with Gasteiger partial charge in [-0.3, -0.25) is 4.79 Å². The molecule has 0 atom stereocenters. The maximum absolute atomic E-state index is 12.4. The van der Waals surface area contributed by atoms with Crippen LogP contribution in [-0.4, -0.2) is 21.3 Å². The summed E-state index contributed by atoms with van der Waals surface area (Å²) in [5, 5.41) is 1.60. The highest BCUT2D eigenvalue weighted by molar-refractivity contribution is 8.15. The fourth-order valence-corrected chi connectivity index (χ4v) is 4.06. The van der Waals surface area contributed by atoms with Gasteiger partial charge in [0.2, 0.25) is 0 Å². The molecule has 0 aliphatic carbocycles. The van der Waals surface area contributed by atoms with Crippen LogP contribution >= 0.6 is 23.5 Å². The number of nitrogens with zero attached hydrogens (tertiary/aromatic N) is 1. The largest absolute Gasteiger partial charge is 0.337 e. The van der Waals surface area contributed by atoms with Gasteiger partial charge in [0.1, 0.15) is 0 Å². The number of hydrogen-bond acceptors (Lipinski definition) is 4. The first-order valence-corrected chi connectivity index (χ1v) is 10.1. The van der Waals surface area contributed by atoms with Crippen LogP contribution in [0, 0.1) is 13.8 Å². The number of aromatic amines is 1. The molecule has 0 unspecified atom stereocenters. The standard InChI is InChI=1S/C18H24N2OS2/c1-11(2)16-15(9-14-7-12(3)6-13(4)8-14)19-18(20-17(16)21)23-10-22-5/h6-8,11H,9-10H2,1-5H3,(H,19,20,21). The van der Waals surface area contributed by atoms with Crippen LogP contribution in [0.3, 0.4) is 0 Å². The highest BCUT2D eigenvalue weighted by Crippen LogP contribution is 2.22. The SMILES string of the molecule is CSCSc1nc(=O)c(C(C)C)c(Cc2cc(C)cc(C)c2)[nH]1. The minimum Gasteiger partial charge on any atom is -0.337 e. The van der Waals surface area contributed by atoms with Gasteiger partial charge >= 0.3 is 0 Å². The fourth-order valence-electron chi connectivity index (χ4n) is 2.80. The highest BCUT2D eigenvalue weighted by atomic mass is 32.2. The van der Waals surface area contributed by atoms with E-state index in [1.54, 1.807) is 23.5 Å². The monoisotopic (exact) mass is 348 g/mol. The molecule has 0 aliphatic rings. The molecule has 0 amide bonds. The van der Waals surface area contributed by atoms with Gasteiger partial charge in [0.05, 0.1) is 0 Å². The summed E-state index contributed by atoms with van der Waals surface area (Å²) in [6, 6.07) is 6.54. The van der Waals surface area contributed by atoms with Crippen molar-refractivity contribution in [2.24, 2.45) is 0 Å². The summed E-state index contributed by atoms with van der Waals surface area (Å²) in [5.74, 6) is 0.159. The molecule has 0 bridgehead atoms. The van der Waals surface area contributed by atoms with Gasteiger partial charge in [-0.05, 0) is 31.6 Å². The fraction of sp³-hybridized carbons (Fsp3) is 0.444. The van der Waals surface area contributed by atoms with Crippen LogP contribution in [0.5, 0.6) is 0 Å². The Bertz CT molecular complexity index is 718. The van der Waals surface area contributed by atoms with Crippen molar-refractivity contribution in [2.45, 2.75) is 45.2 Å². The summed E-state index contributed by atoms with van der Waals surface area (Å²) < 4.78 is 0. The van der Waals surface area contributed by atoms with E-state index in [4.69, 9.17) is 0 Å². The highest BCUT2D eigenvalue weighted by Gasteiger charge is 2.15. The van der Waals surface area contributed by atoms with E-state index in [2.05, 4.69) is 42.0 Å². The molecule has 0 fully saturated rings. The topological polar surface area (TPSA) is 45.8 Å². The Morgan fingerprint density at radius 1 is 1.17 bits per heavy atom. The van der Waals surface area contributed by atoms with E-state index in [-0.39, 0.29) is 11.5 Å². The van der Waals surface area contributed by atoms with E-state index in [1.165, 1.54) is 16.7 Å². The second-order valence-corrected chi connectivity index (χ2v) is 8.31. The molecule has 1 aromatic heterocycles. The summed E-state index contributed by atoms with van der Waals surface area (Å²) >= 11 is 3.31. The van der Waals surface area contributed by atoms with E-state index >= 15 is 0 Å². The zero-order valence-electron chi connectivity index (χ0n) is 14.4. The summed E-state index contributed by atoms with van der Waals surface area (Å²) in [6.45, 7) is 8.31. The summed E-state index contributed by atoms with van der Waals surface area (Å²) in [4.78, 5) is 20.0. The second kappa shape index (κ2) is 8.06. The van der Waals surface area contributed by atoms with Gasteiger partial charge in [0, 0.05) is 22.8 Å². The Morgan fingerprint density at radius 3 is 2.39 bits per heavy atom. The van der Waals surface area contributed by atoms with E-state index in [9.17, 15) is 4.79 Å². The van der Waals surface area contributed by atoms with Crippen molar-refractivity contribution in [1.29, 1.82) is 0 Å². The van der Waals surface area contributed by atoms with E-state index < -0.39 is 0 Å². The molecule has 0 saturated carbocycles. The first-order chi connectivity index (χ1) is 10.9. The number of benzene rings is 1. The second-order valence-electron chi connectivity index (χ2n) is 6.12. The molecule has 0 spiro atoms. The number of nitrogens with one attached hydrogen (secondary N) is 1. The number of H-pyrrole nitrogens is 1. The van der Waals surface area contributed by atoms with Crippen LogP contribution in [0.25, 0.3) is 0 Å². The molecule has 0 saturated heterocycles. The maximum atomic E-state index is 12.4. The average Bonchev–Trinajstić information content (AvgIpc) is 2.43. The lowest BCUT2D eigenvalue weighted by Gasteiger charge is -2.14. The molecule has 23 heavy (non-hydrogen) atoms. The van der Waals surface area contributed by atoms with Crippen molar-refractivity contribution in [3.8, 4) is 0 Å². The van der Waals surface area contributed by atoms with Gasteiger partial charge in [-0.1, -0.05) is 54.9 Å². The molecule has 2 aromatic rings. The van der Waals surface area contributed by atoms with Crippen LogP contribution in [-0.2, 0) is 6.42 Å². The maximum Gasteiger partial charge on any atom is 0.277 e. The van der Waals surface area contributed by atoms with E-state index in [1.807, 2.05) is 20.1 Å². The first kappa shape index (κ1) is 18.1. The van der Waals surface area contributed by atoms with E-state index in [0.29, 0.717) is 5.16 Å². The summed E-state index contributed by atoms with van der Waals surface area (Å²) in [5.41, 5.74) is 5.43. The molecular formula is C18H24N2OS2. The van der Waals surface area contributed by atoms with Crippen molar-refractivity contribution in [1.82, 2.24) is 9.97 Å². The van der Waals surface area contributed by atoms with Crippen molar-refractivity contribution >= 4 is 23.5 Å². The third-order valence-corrected chi connectivity index (χ3v) is 5.45. The average molecular weight is 349 g/mol. The molecule has 1 aromatic carbocycles. The van der Waals surface area contributed by atoms with Gasteiger partial charge in [-0.15, -0.1) is 0 Å². The number of aryl methyl sites for hydroxylation is 2. The van der Waals surface area contributed by atoms with Crippen molar-refractivity contribution in [3.05, 3.63) is 56.5 Å². The van der Waals surface area contributed by atoms with Gasteiger partial charge in [-0.2, -0.15) is 16.7 Å². The van der Waals surface area contributed by atoms with Crippen LogP contribution in [0.4, 0.5) is 0 Å². The number of hydrogen-bond donors (Lipinski definition) is 1. The Balaban J connectivity index is 2.45. The van der Waals surface area contributed by atoms with Gasteiger partial charge in [0.15, 0.2) is 5.16 Å². The molecule has 1 N–H and O–H groups in total. The zero-order valence-corrected chi connectivity index (χ0v) is 16.0. The van der Waals surface area contributed by atoms with Crippen molar-refractivity contribution < 1.29 is 0 Å². The Labute approximate surface area is 146 Å². The van der Waals surface area contributed by atoms with Crippen molar-refractivity contribution in [2.75, 3.05) is 11.3 Å². The number of rotatable bonds is 6. The molecule has 2 rings (SSSR count). The minimum atomic E-state index is -0.0956. The first-order valence-electron chi connectivity index (χ1n) is 7.72. The number of aromatic nitrogens is 2. The molecule has 0 radical (unpaired) electrons. The molecule has 1 heterocycles. The predicted molar refractivity (Wildman–Crippen MR) is 102 cm³/mol. The van der Waals surface area contributed by atoms with Gasteiger partial charge in [0.25, 0.3) is 5.56 Å². The Hall–Kier alpha value is -1.20. The van der Waals surface area contributed by atoms with Gasteiger partial charge < -0.3 is 4.98 Å². The minimum absolute atomic E-state index is 0.0956. The lowest BCUT2D eigenvalue weighted by atomic mass is 9.97. The summed E-state index contributed by atoms with van der Waals surface area (Å²) in [6.07, 6.45) is 2.78. The van der Waals surface area contributed by atoms with Crippen LogP contribution in [0.1, 0.15) is 47.7 Å². The summed E-state index contributed by atoms with van der Waals surface area (Å²) in [7, 11) is 0. The predicted octanol–water partition coefficient (Wildman–Crippen LogP) is 4.51. The number of thioether (sulfide) groups is 2. The van der Waals surface area contributed by atoms with Gasteiger partial charge in [-0.25, -0.2) is 0 Å².